The van der Waals surface area contributed by atoms with E-state index in [4.69, 9.17) is 0 Å². The van der Waals surface area contributed by atoms with E-state index in [9.17, 15) is 4.79 Å². The van der Waals surface area contributed by atoms with Crippen molar-refractivity contribution in [2.75, 3.05) is 32.0 Å². The van der Waals surface area contributed by atoms with E-state index in [1.807, 2.05) is 18.2 Å². The summed E-state index contributed by atoms with van der Waals surface area (Å²) in [5, 5.41) is 9.71. The Morgan fingerprint density at radius 2 is 1.89 bits per heavy atom. The molecule has 1 heterocycles. The zero-order valence-corrected chi connectivity index (χ0v) is 20.1. The summed E-state index contributed by atoms with van der Waals surface area (Å²) < 4.78 is 0. The van der Waals surface area contributed by atoms with Crippen molar-refractivity contribution in [1.82, 2.24) is 15.5 Å². The molecule has 158 valence electrons. The number of hydrogen-bond acceptors (Lipinski definition) is 3. The summed E-state index contributed by atoms with van der Waals surface area (Å²) in [6.45, 7) is 11.6. The first kappa shape index (κ1) is 24.7. The molecule has 0 fully saturated rings. The highest BCUT2D eigenvalue weighted by molar-refractivity contribution is 14.0. The first-order valence-corrected chi connectivity index (χ1v) is 10.0. The second-order valence-corrected chi connectivity index (χ2v) is 7.70. The van der Waals surface area contributed by atoms with E-state index in [2.05, 4.69) is 59.6 Å². The Kier molecular flexibility index (Phi) is 10.8. The van der Waals surface area contributed by atoms with Gasteiger partial charge in [-0.2, -0.15) is 0 Å². The molecule has 0 radical (unpaired) electrons. The second-order valence-electron chi connectivity index (χ2n) is 7.70. The molecule has 1 aliphatic heterocycles. The van der Waals surface area contributed by atoms with Gasteiger partial charge in [-0.25, -0.2) is 0 Å². The molecule has 1 atom stereocenters. The van der Waals surface area contributed by atoms with Crippen molar-refractivity contribution in [1.29, 1.82) is 0 Å². The number of guanidine groups is 1. The maximum Gasteiger partial charge on any atom is 0.225 e. The van der Waals surface area contributed by atoms with Gasteiger partial charge in [0.15, 0.2) is 5.96 Å². The van der Waals surface area contributed by atoms with Crippen molar-refractivity contribution in [2.24, 2.45) is 4.99 Å². The van der Waals surface area contributed by atoms with Crippen molar-refractivity contribution < 1.29 is 4.79 Å². The Morgan fingerprint density at radius 1 is 1.21 bits per heavy atom. The highest BCUT2D eigenvalue weighted by Gasteiger charge is 2.24. The lowest BCUT2D eigenvalue weighted by Crippen LogP contribution is -2.42. The van der Waals surface area contributed by atoms with Gasteiger partial charge >= 0.3 is 0 Å². The molecule has 2 rings (SSSR count). The van der Waals surface area contributed by atoms with Gasteiger partial charge in [0.25, 0.3) is 0 Å². The number of hydrogen-bond donors (Lipinski definition) is 3. The van der Waals surface area contributed by atoms with Crippen LogP contribution >= 0.6 is 24.0 Å². The summed E-state index contributed by atoms with van der Waals surface area (Å²) in [6.07, 6.45) is 1.56. The van der Waals surface area contributed by atoms with Gasteiger partial charge < -0.3 is 16.0 Å². The van der Waals surface area contributed by atoms with Gasteiger partial charge in [0.1, 0.15) is 0 Å². The fourth-order valence-electron chi connectivity index (χ4n) is 3.71. The average Bonchev–Trinajstić information content (AvgIpc) is 2.62. The Balaban J connectivity index is 0.00000392. The number of halogens is 1. The minimum atomic E-state index is 0. The number of carbonyl (C=O) groups excluding carboxylic acids is 1. The molecule has 0 spiro atoms. The van der Waals surface area contributed by atoms with Crippen LogP contribution in [-0.2, 0) is 4.79 Å². The second kappa shape index (κ2) is 12.3. The van der Waals surface area contributed by atoms with E-state index >= 15 is 0 Å². The van der Waals surface area contributed by atoms with Gasteiger partial charge in [-0.1, -0.05) is 18.2 Å². The summed E-state index contributed by atoms with van der Waals surface area (Å²) in [5.41, 5.74) is 2.11. The minimum Gasteiger partial charge on any atom is -0.356 e. The van der Waals surface area contributed by atoms with Gasteiger partial charge in [0, 0.05) is 56.8 Å². The molecule has 28 heavy (non-hydrogen) atoms. The van der Waals surface area contributed by atoms with E-state index in [1.54, 1.807) is 7.05 Å². The van der Waals surface area contributed by atoms with Crippen LogP contribution in [0.1, 0.15) is 52.0 Å². The lowest BCUT2D eigenvalue weighted by atomic mass is 9.90. The van der Waals surface area contributed by atoms with Crippen molar-refractivity contribution in [2.45, 2.75) is 58.5 Å². The number of carbonyl (C=O) groups is 1. The van der Waals surface area contributed by atoms with Crippen LogP contribution in [0.4, 0.5) is 5.69 Å². The summed E-state index contributed by atoms with van der Waals surface area (Å²) in [7, 11) is 1.78. The fraction of sp³-hybridized carbons (Fsp3) is 0.619. The number of amides is 1. The van der Waals surface area contributed by atoms with E-state index in [0.29, 0.717) is 25.0 Å². The Labute approximate surface area is 187 Å². The third-order valence-corrected chi connectivity index (χ3v) is 5.06. The molecule has 1 aromatic carbocycles. The summed E-state index contributed by atoms with van der Waals surface area (Å²) in [6, 6.07) is 9.13. The molecule has 1 amide bonds. The number of benzene rings is 1. The van der Waals surface area contributed by atoms with E-state index in [-0.39, 0.29) is 35.8 Å². The molecule has 0 aromatic heterocycles. The summed E-state index contributed by atoms with van der Waals surface area (Å²) in [5.74, 6) is 1.02. The molecule has 7 heteroatoms. The number of nitrogens with zero attached hydrogens (tertiary/aromatic N) is 2. The van der Waals surface area contributed by atoms with Crippen LogP contribution in [0.2, 0.25) is 0 Å². The largest absolute Gasteiger partial charge is 0.356 e. The molecule has 3 N–H and O–H groups in total. The average molecular weight is 501 g/mol. The van der Waals surface area contributed by atoms with Crippen molar-refractivity contribution in [3.8, 4) is 0 Å². The van der Waals surface area contributed by atoms with Gasteiger partial charge in [0.05, 0.1) is 0 Å². The van der Waals surface area contributed by atoms with Crippen molar-refractivity contribution >= 4 is 41.5 Å². The van der Waals surface area contributed by atoms with Crippen LogP contribution in [0.15, 0.2) is 29.3 Å². The number of aliphatic imine (C=N–C) groups is 1. The maximum absolute atomic E-state index is 11.9. The third-order valence-electron chi connectivity index (χ3n) is 5.06. The number of nitrogens with one attached hydrogen (secondary N) is 3. The Hall–Kier alpha value is -1.35. The molecule has 1 aromatic rings. The smallest absolute Gasteiger partial charge is 0.225 e. The molecule has 6 nitrogen and oxygen atoms in total. The zero-order valence-electron chi connectivity index (χ0n) is 17.8. The Bertz CT molecular complexity index is 639. The molecular formula is C21H36IN5O. The summed E-state index contributed by atoms with van der Waals surface area (Å²) in [4.78, 5) is 18.8. The lowest BCUT2D eigenvalue weighted by Gasteiger charge is -2.30. The SMILES string of the molecule is CN=C(NCCCN(C(C)C)C(C)C)NCC1CC(=O)Nc2ccccc21.I. The van der Waals surface area contributed by atoms with Gasteiger partial charge in [0.2, 0.25) is 5.91 Å². The van der Waals surface area contributed by atoms with Crippen LogP contribution in [0.3, 0.4) is 0 Å². The molecule has 1 unspecified atom stereocenters. The normalized spacial score (nSPS) is 16.6. The predicted octanol–water partition coefficient (Wildman–Crippen LogP) is 3.40. The van der Waals surface area contributed by atoms with E-state index < -0.39 is 0 Å². The predicted molar refractivity (Wildman–Crippen MR) is 129 cm³/mol. The standard InChI is InChI=1S/C21H35N5O.HI/c1-15(2)26(16(3)4)12-8-11-23-21(22-5)24-14-17-13-20(27)25-19-10-7-6-9-18(17)19;/h6-7,9-10,15-17H,8,11-14H2,1-5H3,(H,25,27)(H2,22,23,24);1H. The number of fused-ring (bicyclic) bond motifs is 1. The molecule has 0 saturated heterocycles. The van der Waals surface area contributed by atoms with Crippen LogP contribution in [-0.4, -0.2) is 55.5 Å². The molecule has 0 saturated carbocycles. The van der Waals surface area contributed by atoms with E-state index in [1.165, 1.54) is 5.56 Å². The highest BCUT2D eigenvalue weighted by atomic mass is 127. The van der Waals surface area contributed by atoms with Crippen LogP contribution in [0, 0.1) is 0 Å². The zero-order chi connectivity index (χ0) is 19.8. The monoisotopic (exact) mass is 501 g/mol. The molecular weight excluding hydrogens is 465 g/mol. The Morgan fingerprint density at radius 3 is 2.54 bits per heavy atom. The molecule has 1 aliphatic rings. The van der Waals surface area contributed by atoms with Crippen LogP contribution < -0.4 is 16.0 Å². The fourth-order valence-corrected chi connectivity index (χ4v) is 3.71. The lowest BCUT2D eigenvalue weighted by molar-refractivity contribution is -0.116. The number of anilines is 1. The van der Waals surface area contributed by atoms with Crippen LogP contribution in [0.25, 0.3) is 0 Å². The quantitative estimate of drug-likeness (QED) is 0.221. The topological polar surface area (TPSA) is 68.8 Å². The first-order chi connectivity index (χ1) is 12.9. The van der Waals surface area contributed by atoms with Gasteiger partial charge in [-0.15, -0.1) is 24.0 Å². The van der Waals surface area contributed by atoms with Gasteiger partial charge in [-0.3, -0.25) is 14.7 Å². The summed E-state index contributed by atoms with van der Waals surface area (Å²) >= 11 is 0. The minimum absolute atomic E-state index is 0. The van der Waals surface area contributed by atoms with Crippen molar-refractivity contribution in [3.63, 3.8) is 0 Å². The van der Waals surface area contributed by atoms with E-state index in [0.717, 1.165) is 31.2 Å². The highest BCUT2D eigenvalue weighted by Crippen LogP contribution is 2.31. The van der Waals surface area contributed by atoms with Crippen molar-refractivity contribution in [3.05, 3.63) is 29.8 Å². The third kappa shape index (κ3) is 7.24. The number of para-hydroxylation sites is 1. The number of rotatable bonds is 8. The molecule has 0 bridgehead atoms. The van der Waals surface area contributed by atoms with Crippen LogP contribution in [0.5, 0.6) is 0 Å². The van der Waals surface area contributed by atoms with Gasteiger partial charge in [-0.05, 0) is 45.7 Å². The first-order valence-electron chi connectivity index (χ1n) is 10.0. The maximum atomic E-state index is 11.9. The molecule has 0 aliphatic carbocycles.